The van der Waals surface area contributed by atoms with E-state index in [0.29, 0.717) is 28.2 Å². The molecule has 0 saturated carbocycles. The van der Waals surface area contributed by atoms with Gasteiger partial charge in [-0.3, -0.25) is 0 Å². The van der Waals surface area contributed by atoms with Crippen molar-refractivity contribution < 1.29 is 9.58 Å². The molecule has 6 heteroatoms. The standard InChI is InChI=1S/C9H9N3O3/c1-2-15-6-3-4-8-7(5-6)10-9(13)11-12(8)14/h3-5H,2H2,1H3,(H,10,11,13). The van der Waals surface area contributed by atoms with Crippen LogP contribution in [0.4, 0.5) is 0 Å². The van der Waals surface area contributed by atoms with Gasteiger partial charge in [0, 0.05) is 12.1 Å². The van der Waals surface area contributed by atoms with Gasteiger partial charge in [-0.15, -0.1) is 0 Å². The lowest BCUT2D eigenvalue weighted by atomic mass is 10.3. The van der Waals surface area contributed by atoms with E-state index in [1.54, 1.807) is 18.2 Å². The number of benzene rings is 1. The Kier molecular flexibility index (Phi) is 2.24. The number of hydrogen-bond acceptors (Lipinski definition) is 4. The molecule has 0 unspecified atom stereocenters. The van der Waals surface area contributed by atoms with Crippen LogP contribution in [-0.4, -0.2) is 16.7 Å². The number of nitrogens with one attached hydrogen (secondary N) is 1. The summed E-state index contributed by atoms with van der Waals surface area (Å²) in [5.74, 6) is 0.586. The summed E-state index contributed by atoms with van der Waals surface area (Å²) in [6.45, 7) is 2.37. The lowest BCUT2D eigenvalue weighted by Gasteiger charge is -2.03. The second-order valence-corrected chi connectivity index (χ2v) is 2.91. The number of H-pyrrole nitrogens is 1. The fourth-order valence-corrected chi connectivity index (χ4v) is 1.30. The molecule has 0 radical (unpaired) electrons. The van der Waals surface area contributed by atoms with Gasteiger partial charge in [0.25, 0.3) is 5.52 Å². The molecule has 0 saturated heterocycles. The summed E-state index contributed by atoms with van der Waals surface area (Å²) < 4.78 is 5.23. The quantitative estimate of drug-likeness (QED) is 0.553. The molecule has 0 atom stereocenters. The minimum Gasteiger partial charge on any atom is -0.595 e. The van der Waals surface area contributed by atoms with Crippen LogP contribution in [0, 0.1) is 5.21 Å². The number of hydrogen-bond donors (Lipinski definition) is 1. The average molecular weight is 207 g/mol. The predicted octanol–water partition coefficient (Wildman–Crippen LogP) is -0.0448. The van der Waals surface area contributed by atoms with Gasteiger partial charge in [0.05, 0.1) is 6.61 Å². The third-order valence-corrected chi connectivity index (χ3v) is 1.90. The van der Waals surface area contributed by atoms with Gasteiger partial charge < -0.3 is 9.94 Å². The van der Waals surface area contributed by atoms with Crippen molar-refractivity contribution in [2.24, 2.45) is 0 Å². The highest BCUT2D eigenvalue weighted by Crippen LogP contribution is 2.15. The number of aromatic nitrogens is 3. The highest BCUT2D eigenvalue weighted by Gasteiger charge is 2.07. The monoisotopic (exact) mass is 207 g/mol. The van der Waals surface area contributed by atoms with E-state index in [-0.39, 0.29) is 0 Å². The van der Waals surface area contributed by atoms with E-state index in [4.69, 9.17) is 4.74 Å². The summed E-state index contributed by atoms with van der Waals surface area (Å²) in [5.41, 5.74) is -0.0519. The van der Waals surface area contributed by atoms with E-state index in [2.05, 4.69) is 4.98 Å². The van der Waals surface area contributed by atoms with E-state index < -0.39 is 5.69 Å². The molecule has 1 N–H and O–H groups in total. The second kappa shape index (κ2) is 3.56. The normalized spacial score (nSPS) is 10.5. The number of fused-ring (bicyclic) bond motifs is 1. The number of rotatable bonds is 2. The van der Waals surface area contributed by atoms with Crippen molar-refractivity contribution in [2.45, 2.75) is 6.92 Å². The molecule has 0 amide bonds. The summed E-state index contributed by atoms with van der Waals surface area (Å²) in [4.78, 5) is 15.0. The number of aromatic amines is 1. The maximum Gasteiger partial charge on any atom is 0.395 e. The summed E-state index contributed by atoms with van der Waals surface area (Å²) in [6, 6.07) is 4.76. The van der Waals surface area contributed by atoms with Crippen LogP contribution in [0.2, 0.25) is 0 Å². The maximum atomic E-state index is 11.2. The van der Waals surface area contributed by atoms with Crippen LogP contribution in [0.3, 0.4) is 0 Å². The van der Waals surface area contributed by atoms with Gasteiger partial charge >= 0.3 is 5.69 Å². The Balaban J connectivity index is 2.65. The molecule has 1 aromatic heterocycles. The van der Waals surface area contributed by atoms with E-state index in [1.165, 1.54) is 0 Å². The Morgan fingerprint density at radius 3 is 3.13 bits per heavy atom. The highest BCUT2D eigenvalue weighted by molar-refractivity contribution is 5.72. The summed E-state index contributed by atoms with van der Waals surface area (Å²) in [7, 11) is 0. The van der Waals surface area contributed by atoms with Crippen LogP contribution in [0.25, 0.3) is 11.0 Å². The van der Waals surface area contributed by atoms with Gasteiger partial charge in [0.2, 0.25) is 0 Å². The van der Waals surface area contributed by atoms with Gasteiger partial charge in [0.15, 0.2) is 0 Å². The minimum absolute atomic E-state index is 0.304. The first-order valence-corrected chi connectivity index (χ1v) is 4.47. The molecule has 0 fully saturated rings. The molecule has 0 aliphatic carbocycles. The van der Waals surface area contributed by atoms with Crippen molar-refractivity contribution in [1.29, 1.82) is 0 Å². The zero-order valence-corrected chi connectivity index (χ0v) is 8.06. The molecule has 2 aromatic rings. The largest absolute Gasteiger partial charge is 0.595 e. The molecule has 15 heavy (non-hydrogen) atoms. The predicted molar refractivity (Wildman–Crippen MR) is 52.5 cm³/mol. The molecular weight excluding hydrogens is 198 g/mol. The van der Waals surface area contributed by atoms with Gasteiger partial charge in [-0.1, -0.05) is 9.94 Å². The van der Waals surface area contributed by atoms with Crippen molar-refractivity contribution in [1.82, 2.24) is 10.1 Å². The third kappa shape index (κ3) is 1.74. The van der Waals surface area contributed by atoms with Crippen molar-refractivity contribution in [3.05, 3.63) is 33.9 Å². The molecule has 0 bridgehead atoms. The zero-order valence-electron chi connectivity index (χ0n) is 8.06. The van der Waals surface area contributed by atoms with Crippen LogP contribution in [-0.2, 0) is 0 Å². The summed E-state index contributed by atoms with van der Waals surface area (Å²) >= 11 is 0. The lowest BCUT2D eigenvalue weighted by Crippen LogP contribution is -2.39. The van der Waals surface area contributed by atoms with Gasteiger partial charge in [-0.25, -0.2) is 4.79 Å². The van der Waals surface area contributed by atoms with Crippen LogP contribution < -0.4 is 15.3 Å². The van der Waals surface area contributed by atoms with Crippen molar-refractivity contribution >= 4 is 11.0 Å². The summed E-state index contributed by atoms with van der Waals surface area (Å²) in [5, 5.41) is 13.3. The van der Waals surface area contributed by atoms with E-state index in [0.717, 1.165) is 0 Å². The second-order valence-electron chi connectivity index (χ2n) is 2.91. The highest BCUT2D eigenvalue weighted by atomic mass is 16.5. The number of ether oxygens (including phenoxy) is 1. The van der Waals surface area contributed by atoms with Gasteiger partial charge in [-0.05, 0) is 13.0 Å². The van der Waals surface area contributed by atoms with E-state index >= 15 is 0 Å². The molecule has 0 aliphatic rings. The summed E-state index contributed by atoms with van der Waals surface area (Å²) in [6.07, 6.45) is 0. The molecule has 0 aliphatic heterocycles. The lowest BCUT2D eigenvalue weighted by molar-refractivity contribution is -0.644. The fourth-order valence-electron chi connectivity index (χ4n) is 1.30. The van der Waals surface area contributed by atoms with Crippen molar-refractivity contribution in [3.8, 4) is 5.75 Å². The molecule has 6 nitrogen and oxygen atoms in total. The van der Waals surface area contributed by atoms with Crippen LogP contribution in [0.1, 0.15) is 6.92 Å². The first-order chi connectivity index (χ1) is 7.20. The van der Waals surface area contributed by atoms with Crippen LogP contribution >= 0.6 is 0 Å². The topological polar surface area (TPSA) is 81.9 Å². The Labute approximate surface area is 84.7 Å². The van der Waals surface area contributed by atoms with E-state index in [1.807, 2.05) is 12.0 Å². The molecular formula is C9H9N3O3. The van der Waals surface area contributed by atoms with Gasteiger partial charge in [0.1, 0.15) is 11.3 Å². The first-order valence-electron chi connectivity index (χ1n) is 4.47. The fraction of sp³-hybridized carbons (Fsp3) is 0.222. The van der Waals surface area contributed by atoms with Crippen LogP contribution in [0.5, 0.6) is 5.75 Å². The molecule has 1 aromatic carbocycles. The SMILES string of the molecule is CCOc1ccc2c(c1)nc(=O)[nH][n+]2[O-]. The molecule has 1 heterocycles. The van der Waals surface area contributed by atoms with Crippen LogP contribution in [0.15, 0.2) is 23.0 Å². The third-order valence-electron chi connectivity index (χ3n) is 1.90. The first kappa shape index (κ1) is 9.45. The Bertz CT molecular complexity index is 550. The molecule has 2 rings (SSSR count). The van der Waals surface area contributed by atoms with Gasteiger partial charge in [-0.2, -0.15) is 4.98 Å². The zero-order chi connectivity index (χ0) is 10.8. The Hall–Kier alpha value is -2.11. The van der Waals surface area contributed by atoms with Crippen molar-refractivity contribution in [3.63, 3.8) is 0 Å². The molecule has 0 spiro atoms. The average Bonchev–Trinajstić information content (AvgIpc) is 2.17. The Morgan fingerprint density at radius 1 is 1.60 bits per heavy atom. The minimum atomic E-state index is -0.675. The maximum absolute atomic E-state index is 11.2. The van der Waals surface area contributed by atoms with Crippen molar-refractivity contribution in [2.75, 3.05) is 6.61 Å². The van der Waals surface area contributed by atoms with E-state index in [9.17, 15) is 10.0 Å². The smallest absolute Gasteiger partial charge is 0.395 e. The molecule has 78 valence electrons. The number of nitrogens with zero attached hydrogens (tertiary/aromatic N) is 2. The Morgan fingerprint density at radius 2 is 2.40 bits per heavy atom.